The number of Topliss-reactive ketones (excluding diaryl/α,β-unsaturated/α-hetero) is 1. The molecule has 0 amide bonds. The highest BCUT2D eigenvalue weighted by Crippen LogP contribution is 2.35. The zero-order chi connectivity index (χ0) is 9.42. The number of carbonyl (C=O) groups is 1. The molecule has 0 aromatic heterocycles. The number of halogens is 2. The fourth-order valence-corrected chi connectivity index (χ4v) is 1.79. The van der Waals surface area contributed by atoms with Crippen LogP contribution in [-0.4, -0.2) is 5.78 Å². The fourth-order valence-electron chi connectivity index (χ4n) is 1.49. The maximum atomic E-state index is 11.2. The summed E-state index contributed by atoms with van der Waals surface area (Å²) in [5, 5.41) is 1.07. The number of rotatable bonds is 1. The molecule has 1 aromatic rings. The van der Waals surface area contributed by atoms with Gasteiger partial charge in [-0.15, -0.1) is 0 Å². The lowest BCUT2D eigenvalue weighted by atomic mass is 9.79. The minimum Gasteiger partial charge on any atom is -0.299 e. The molecular formula is C10H8Cl2O. The van der Waals surface area contributed by atoms with Gasteiger partial charge >= 0.3 is 0 Å². The molecule has 0 saturated heterocycles. The summed E-state index contributed by atoms with van der Waals surface area (Å²) in [6, 6.07) is 5.40. The van der Waals surface area contributed by atoms with Crippen LogP contribution in [0.5, 0.6) is 0 Å². The van der Waals surface area contributed by atoms with Crippen LogP contribution < -0.4 is 0 Å². The molecule has 1 fully saturated rings. The van der Waals surface area contributed by atoms with Gasteiger partial charge in [-0.3, -0.25) is 4.79 Å². The predicted octanol–water partition coefficient (Wildman–Crippen LogP) is 3.44. The van der Waals surface area contributed by atoms with Crippen molar-refractivity contribution in [1.82, 2.24) is 0 Å². The Morgan fingerprint density at radius 3 is 2.46 bits per heavy atom. The molecule has 1 saturated carbocycles. The molecule has 1 aliphatic carbocycles. The molecule has 0 heterocycles. The van der Waals surface area contributed by atoms with E-state index >= 15 is 0 Å². The molecule has 3 heteroatoms. The molecule has 1 atom stereocenters. The van der Waals surface area contributed by atoms with E-state index in [-0.39, 0.29) is 5.92 Å². The van der Waals surface area contributed by atoms with E-state index in [4.69, 9.17) is 23.2 Å². The van der Waals surface area contributed by atoms with Crippen molar-refractivity contribution in [3.05, 3.63) is 33.8 Å². The van der Waals surface area contributed by atoms with Crippen LogP contribution in [0.15, 0.2) is 18.2 Å². The van der Waals surface area contributed by atoms with Gasteiger partial charge in [-0.25, -0.2) is 0 Å². The summed E-state index contributed by atoms with van der Waals surface area (Å²) in [4.78, 5) is 11.2. The van der Waals surface area contributed by atoms with Gasteiger partial charge in [0.05, 0.1) is 10.0 Å². The first-order valence-electron chi connectivity index (χ1n) is 4.16. The van der Waals surface area contributed by atoms with E-state index in [0.717, 1.165) is 12.0 Å². The summed E-state index contributed by atoms with van der Waals surface area (Å²) in [6.45, 7) is 0. The van der Waals surface area contributed by atoms with Crippen LogP contribution in [0, 0.1) is 0 Å². The van der Waals surface area contributed by atoms with Gasteiger partial charge in [-0.2, -0.15) is 0 Å². The Morgan fingerprint density at radius 2 is 2.00 bits per heavy atom. The molecule has 1 unspecified atom stereocenters. The smallest absolute Gasteiger partial charge is 0.140 e. The maximum Gasteiger partial charge on any atom is 0.140 e. The average molecular weight is 215 g/mol. The van der Waals surface area contributed by atoms with E-state index in [1.54, 1.807) is 12.1 Å². The van der Waals surface area contributed by atoms with Crippen molar-refractivity contribution in [2.45, 2.75) is 18.8 Å². The molecule has 0 radical (unpaired) electrons. The Hall–Kier alpha value is -0.530. The van der Waals surface area contributed by atoms with Gasteiger partial charge in [-0.1, -0.05) is 29.3 Å². The van der Waals surface area contributed by atoms with E-state index in [1.807, 2.05) is 6.07 Å². The highest BCUT2D eigenvalue weighted by Gasteiger charge is 2.29. The molecule has 0 aliphatic heterocycles. The first kappa shape index (κ1) is 9.04. The van der Waals surface area contributed by atoms with Gasteiger partial charge in [0, 0.05) is 12.3 Å². The lowest BCUT2D eigenvalue weighted by Crippen LogP contribution is -2.23. The molecule has 0 N–H and O–H groups in total. The van der Waals surface area contributed by atoms with Crippen molar-refractivity contribution in [1.29, 1.82) is 0 Å². The molecule has 1 aromatic carbocycles. The Kier molecular flexibility index (Phi) is 2.31. The monoisotopic (exact) mass is 214 g/mol. The fraction of sp³-hybridized carbons (Fsp3) is 0.300. The van der Waals surface area contributed by atoms with Crippen LogP contribution in [0.25, 0.3) is 0 Å². The second-order valence-corrected chi connectivity index (χ2v) is 4.05. The Labute approximate surface area is 86.7 Å². The SMILES string of the molecule is O=C1CCC1c1ccc(Cl)c(Cl)c1. The summed E-state index contributed by atoms with van der Waals surface area (Å²) in [6.07, 6.45) is 1.64. The summed E-state index contributed by atoms with van der Waals surface area (Å²) >= 11 is 11.6. The number of hydrogen-bond donors (Lipinski definition) is 0. The highest BCUT2D eigenvalue weighted by molar-refractivity contribution is 6.42. The largest absolute Gasteiger partial charge is 0.299 e. The zero-order valence-corrected chi connectivity index (χ0v) is 8.40. The van der Waals surface area contributed by atoms with E-state index < -0.39 is 0 Å². The maximum absolute atomic E-state index is 11.2. The lowest BCUT2D eigenvalue weighted by Gasteiger charge is -2.24. The average Bonchev–Trinajstić information content (AvgIpc) is 2.09. The first-order valence-corrected chi connectivity index (χ1v) is 4.92. The Morgan fingerprint density at radius 1 is 1.23 bits per heavy atom. The van der Waals surface area contributed by atoms with Crippen molar-refractivity contribution in [3.63, 3.8) is 0 Å². The van der Waals surface area contributed by atoms with Crippen molar-refractivity contribution in [2.75, 3.05) is 0 Å². The topological polar surface area (TPSA) is 17.1 Å². The minimum absolute atomic E-state index is 0.0646. The van der Waals surface area contributed by atoms with Crippen molar-refractivity contribution >= 4 is 29.0 Å². The second-order valence-electron chi connectivity index (χ2n) is 3.23. The predicted molar refractivity (Wildman–Crippen MR) is 53.4 cm³/mol. The molecule has 68 valence electrons. The van der Waals surface area contributed by atoms with E-state index in [2.05, 4.69) is 0 Å². The normalized spacial score (nSPS) is 21.4. The Bertz CT molecular complexity index is 360. The number of hydrogen-bond acceptors (Lipinski definition) is 1. The molecular weight excluding hydrogens is 207 g/mol. The van der Waals surface area contributed by atoms with Gasteiger partial charge in [0.2, 0.25) is 0 Å². The summed E-state index contributed by atoms with van der Waals surface area (Å²) < 4.78 is 0. The van der Waals surface area contributed by atoms with Crippen LogP contribution in [0.3, 0.4) is 0 Å². The third-order valence-electron chi connectivity index (χ3n) is 2.41. The van der Waals surface area contributed by atoms with Gasteiger partial charge < -0.3 is 0 Å². The third kappa shape index (κ3) is 1.59. The zero-order valence-electron chi connectivity index (χ0n) is 6.89. The van der Waals surface area contributed by atoms with Crippen LogP contribution in [0.2, 0.25) is 10.0 Å². The van der Waals surface area contributed by atoms with E-state index in [0.29, 0.717) is 22.2 Å². The van der Waals surface area contributed by atoms with Crippen LogP contribution in [0.4, 0.5) is 0 Å². The Balaban J connectivity index is 2.31. The molecule has 1 nitrogen and oxygen atoms in total. The number of benzene rings is 1. The van der Waals surface area contributed by atoms with Crippen molar-refractivity contribution in [2.24, 2.45) is 0 Å². The first-order chi connectivity index (χ1) is 6.18. The molecule has 13 heavy (non-hydrogen) atoms. The standard InChI is InChI=1S/C10H8Cl2O/c11-8-3-1-6(5-9(8)12)7-2-4-10(7)13/h1,3,5,7H,2,4H2. The quantitative estimate of drug-likeness (QED) is 0.701. The molecule has 0 spiro atoms. The van der Waals surface area contributed by atoms with Gasteiger partial charge in [0.15, 0.2) is 0 Å². The van der Waals surface area contributed by atoms with Crippen molar-refractivity contribution in [3.8, 4) is 0 Å². The summed E-state index contributed by atoms with van der Waals surface area (Å²) in [5.74, 6) is 0.369. The van der Waals surface area contributed by atoms with Crippen molar-refractivity contribution < 1.29 is 4.79 Å². The number of carbonyl (C=O) groups excluding carboxylic acids is 1. The van der Waals surface area contributed by atoms with Crippen LogP contribution in [0.1, 0.15) is 24.3 Å². The molecule has 1 aliphatic rings. The van der Waals surface area contributed by atoms with Gasteiger partial charge in [0.25, 0.3) is 0 Å². The van der Waals surface area contributed by atoms with Gasteiger partial charge in [0.1, 0.15) is 5.78 Å². The third-order valence-corrected chi connectivity index (χ3v) is 3.15. The second kappa shape index (κ2) is 3.32. The summed E-state index contributed by atoms with van der Waals surface area (Å²) in [5.41, 5.74) is 0.991. The van der Waals surface area contributed by atoms with Crippen LogP contribution >= 0.6 is 23.2 Å². The lowest BCUT2D eigenvalue weighted by molar-refractivity contribution is -0.125. The molecule has 2 rings (SSSR count). The van der Waals surface area contributed by atoms with Crippen LogP contribution in [-0.2, 0) is 4.79 Å². The minimum atomic E-state index is 0.0646. The highest BCUT2D eigenvalue weighted by atomic mass is 35.5. The van der Waals surface area contributed by atoms with E-state index in [9.17, 15) is 4.79 Å². The number of ketones is 1. The summed E-state index contributed by atoms with van der Waals surface area (Å²) in [7, 11) is 0. The van der Waals surface area contributed by atoms with E-state index in [1.165, 1.54) is 0 Å². The molecule has 0 bridgehead atoms. The van der Waals surface area contributed by atoms with Gasteiger partial charge in [-0.05, 0) is 24.1 Å².